The van der Waals surface area contributed by atoms with Gasteiger partial charge in [-0.15, -0.1) is 0 Å². The van der Waals surface area contributed by atoms with Crippen molar-refractivity contribution in [3.8, 4) is 6.07 Å². The van der Waals surface area contributed by atoms with Gasteiger partial charge < -0.3 is 0 Å². The molecule has 1 atom stereocenters. The third-order valence-corrected chi connectivity index (χ3v) is 2.45. The standard InChI is InChI=1S/C12H16N2/c1-9-6-5-7-10(2)12(9)11(8-13)14(3)4/h5-7,11H,1-4H3. The summed E-state index contributed by atoms with van der Waals surface area (Å²) in [5, 5.41) is 9.11. The summed E-state index contributed by atoms with van der Waals surface area (Å²) in [5.41, 5.74) is 3.51. The van der Waals surface area contributed by atoms with Crippen molar-refractivity contribution in [3.05, 3.63) is 34.9 Å². The monoisotopic (exact) mass is 188 g/mol. The van der Waals surface area contributed by atoms with Gasteiger partial charge in [-0.1, -0.05) is 18.2 Å². The Labute approximate surface area is 85.8 Å². The third kappa shape index (κ3) is 1.94. The number of aryl methyl sites for hydroxylation is 2. The zero-order valence-corrected chi connectivity index (χ0v) is 9.20. The van der Waals surface area contributed by atoms with Gasteiger partial charge >= 0.3 is 0 Å². The molecule has 2 heteroatoms. The van der Waals surface area contributed by atoms with Gasteiger partial charge in [0.1, 0.15) is 6.04 Å². The summed E-state index contributed by atoms with van der Waals surface area (Å²) in [6, 6.07) is 8.31. The van der Waals surface area contributed by atoms with Crippen LogP contribution in [0.1, 0.15) is 22.7 Å². The summed E-state index contributed by atoms with van der Waals surface area (Å²) in [6.45, 7) is 4.10. The van der Waals surface area contributed by atoms with Crippen LogP contribution in [0.25, 0.3) is 0 Å². The SMILES string of the molecule is Cc1cccc(C)c1C(C#N)N(C)C. The average Bonchev–Trinajstić information content (AvgIpc) is 2.10. The first kappa shape index (κ1) is 10.7. The van der Waals surface area contributed by atoms with Gasteiger partial charge in [-0.2, -0.15) is 5.26 Å². The van der Waals surface area contributed by atoms with Crippen molar-refractivity contribution in [1.29, 1.82) is 5.26 Å². The number of nitrogens with zero attached hydrogens (tertiary/aromatic N) is 2. The number of rotatable bonds is 2. The first-order valence-corrected chi connectivity index (χ1v) is 4.70. The van der Waals surface area contributed by atoms with Crippen LogP contribution in [0, 0.1) is 25.2 Å². The molecule has 0 aromatic heterocycles. The maximum Gasteiger partial charge on any atom is 0.123 e. The highest BCUT2D eigenvalue weighted by Crippen LogP contribution is 2.24. The Kier molecular flexibility index (Phi) is 3.27. The molecule has 0 aliphatic heterocycles. The Morgan fingerprint density at radius 3 is 2.07 bits per heavy atom. The molecule has 0 saturated carbocycles. The molecule has 0 fully saturated rings. The lowest BCUT2D eigenvalue weighted by Gasteiger charge is -2.21. The molecule has 14 heavy (non-hydrogen) atoms. The lowest BCUT2D eigenvalue weighted by molar-refractivity contribution is 0.356. The predicted molar refractivity (Wildman–Crippen MR) is 58.0 cm³/mol. The van der Waals surface area contributed by atoms with Crippen molar-refractivity contribution in [1.82, 2.24) is 4.90 Å². The van der Waals surface area contributed by atoms with E-state index in [-0.39, 0.29) is 6.04 Å². The molecule has 1 aromatic carbocycles. The van der Waals surface area contributed by atoms with Crippen LogP contribution in [0.2, 0.25) is 0 Å². The van der Waals surface area contributed by atoms with Crippen molar-refractivity contribution in [3.63, 3.8) is 0 Å². The quantitative estimate of drug-likeness (QED) is 0.712. The van der Waals surface area contributed by atoms with E-state index >= 15 is 0 Å². The predicted octanol–water partition coefficient (Wildman–Crippen LogP) is 2.43. The Hall–Kier alpha value is -1.33. The van der Waals surface area contributed by atoms with E-state index in [0.717, 1.165) is 5.56 Å². The van der Waals surface area contributed by atoms with Gasteiger partial charge in [-0.25, -0.2) is 0 Å². The molecular weight excluding hydrogens is 172 g/mol. The summed E-state index contributed by atoms with van der Waals surface area (Å²) in [4.78, 5) is 1.94. The topological polar surface area (TPSA) is 27.0 Å². The number of benzene rings is 1. The summed E-state index contributed by atoms with van der Waals surface area (Å²) < 4.78 is 0. The number of hydrogen-bond donors (Lipinski definition) is 0. The molecule has 0 heterocycles. The number of hydrogen-bond acceptors (Lipinski definition) is 2. The third-order valence-electron chi connectivity index (χ3n) is 2.45. The molecule has 1 rings (SSSR count). The summed E-state index contributed by atoms with van der Waals surface area (Å²) in [7, 11) is 3.86. The fourth-order valence-corrected chi connectivity index (χ4v) is 1.70. The zero-order chi connectivity index (χ0) is 10.7. The summed E-state index contributed by atoms with van der Waals surface area (Å²) >= 11 is 0. The number of nitriles is 1. The summed E-state index contributed by atoms with van der Waals surface area (Å²) in [6.07, 6.45) is 0. The molecule has 0 aliphatic carbocycles. The van der Waals surface area contributed by atoms with Crippen LogP contribution in [0.15, 0.2) is 18.2 Å². The van der Waals surface area contributed by atoms with Crippen molar-refractivity contribution in [2.24, 2.45) is 0 Å². The maximum absolute atomic E-state index is 9.11. The Morgan fingerprint density at radius 1 is 1.21 bits per heavy atom. The summed E-state index contributed by atoms with van der Waals surface area (Å²) in [5.74, 6) is 0. The van der Waals surface area contributed by atoms with Gasteiger partial charge in [0.15, 0.2) is 0 Å². The molecule has 1 aromatic rings. The van der Waals surface area contributed by atoms with Gasteiger partial charge in [-0.05, 0) is 44.6 Å². The minimum atomic E-state index is -0.142. The lowest BCUT2D eigenvalue weighted by Crippen LogP contribution is -2.20. The van der Waals surface area contributed by atoms with Crippen LogP contribution < -0.4 is 0 Å². The van der Waals surface area contributed by atoms with Gasteiger partial charge in [0, 0.05) is 0 Å². The van der Waals surface area contributed by atoms with Crippen LogP contribution in [-0.2, 0) is 0 Å². The molecule has 1 unspecified atom stereocenters. The Morgan fingerprint density at radius 2 is 1.71 bits per heavy atom. The van der Waals surface area contributed by atoms with E-state index in [9.17, 15) is 0 Å². The molecule has 2 nitrogen and oxygen atoms in total. The normalized spacial score (nSPS) is 12.6. The Bertz CT molecular complexity index is 341. The van der Waals surface area contributed by atoms with E-state index in [2.05, 4.69) is 32.0 Å². The second kappa shape index (κ2) is 4.26. The van der Waals surface area contributed by atoms with Crippen molar-refractivity contribution in [2.45, 2.75) is 19.9 Å². The average molecular weight is 188 g/mol. The first-order valence-electron chi connectivity index (χ1n) is 4.70. The van der Waals surface area contributed by atoms with E-state index < -0.39 is 0 Å². The highest BCUT2D eigenvalue weighted by atomic mass is 15.1. The second-order valence-corrected chi connectivity index (χ2v) is 3.80. The minimum absolute atomic E-state index is 0.142. The second-order valence-electron chi connectivity index (χ2n) is 3.80. The van der Waals surface area contributed by atoms with Gasteiger partial charge in [0.2, 0.25) is 0 Å². The maximum atomic E-state index is 9.11. The molecule has 0 radical (unpaired) electrons. The van der Waals surface area contributed by atoms with Gasteiger partial charge in [0.25, 0.3) is 0 Å². The van der Waals surface area contributed by atoms with Crippen LogP contribution in [-0.4, -0.2) is 19.0 Å². The molecule has 0 amide bonds. The minimum Gasteiger partial charge on any atom is -0.291 e. The highest BCUT2D eigenvalue weighted by Gasteiger charge is 2.16. The van der Waals surface area contributed by atoms with E-state index in [4.69, 9.17) is 5.26 Å². The van der Waals surface area contributed by atoms with Crippen LogP contribution in [0.5, 0.6) is 0 Å². The van der Waals surface area contributed by atoms with Crippen molar-refractivity contribution >= 4 is 0 Å². The molecule has 0 saturated heterocycles. The first-order chi connectivity index (χ1) is 6.57. The zero-order valence-electron chi connectivity index (χ0n) is 9.20. The van der Waals surface area contributed by atoms with Gasteiger partial charge in [-0.3, -0.25) is 4.90 Å². The molecule has 0 bridgehead atoms. The van der Waals surface area contributed by atoms with Crippen LogP contribution in [0.3, 0.4) is 0 Å². The smallest absolute Gasteiger partial charge is 0.123 e. The fourth-order valence-electron chi connectivity index (χ4n) is 1.70. The Balaban J connectivity index is 3.24. The molecule has 74 valence electrons. The molecule has 0 spiro atoms. The molecule has 0 aliphatic rings. The lowest BCUT2D eigenvalue weighted by atomic mass is 9.96. The van der Waals surface area contributed by atoms with E-state index in [1.54, 1.807) is 0 Å². The molecule has 0 N–H and O–H groups in total. The van der Waals surface area contributed by atoms with Crippen molar-refractivity contribution in [2.75, 3.05) is 14.1 Å². The van der Waals surface area contributed by atoms with E-state index in [0.29, 0.717) is 0 Å². The fraction of sp³-hybridized carbons (Fsp3) is 0.417. The van der Waals surface area contributed by atoms with Crippen molar-refractivity contribution < 1.29 is 0 Å². The van der Waals surface area contributed by atoms with E-state index in [1.807, 2.05) is 25.1 Å². The largest absolute Gasteiger partial charge is 0.291 e. The van der Waals surface area contributed by atoms with Crippen LogP contribution in [0.4, 0.5) is 0 Å². The highest BCUT2D eigenvalue weighted by molar-refractivity contribution is 5.38. The van der Waals surface area contributed by atoms with Gasteiger partial charge in [0.05, 0.1) is 6.07 Å². The molecular formula is C12H16N2. The van der Waals surface area contributed by atoms with E-state index in [1.165, 1.54) is 11.1 Å². The van der Waals surface area contributed by atoms with Crippen LogP contribution >= 0.6 is 0 Å².